The highest BCUT2D eigenvalue weighted by atomic mass is 16.3. The lowest BCUT2D eigenvalue weighted by molar-refractivity contribution is 0.669. The first kappa shape index (κ1) is 9.69. The number of hydrogen-bond donors (Lipinski definition) is 0. The standard InChI is InChI=1S/C42H26O/c1-2-13-27(14-3-1)28-25-26-35(30-16-5-4-15-29(28)30)40-31-17-6-8-19-33(31)41(34-20-9-7-18-32(34)40)37-22-12-24-39-42(37)36-21-10-11-23-38(36)43-39/h1-26H/i1D,2D,3D,4D,5D,6D,7D,8D,9D,10D,11D,12D,13D,14D,15D,16D,17D,18D,19D,20D,21D,22D,23D,24D,25D,26D. The van der Waals surface area contributed by atoms with Gasteiger partial charge in [0.15, 0.2) is 0 Å². The smallest absolute Gasteiger partial charge is 0.136 e. The SMILES string of the molecule is [2H]c1c([2H])c([2H])c(-c2c([2H])c([2H])c(-c3c4c([2H])c([2H])c([2H])c([2H])c4c(-c4c([2H])c([2H])c([2H])c5oc6c([2H])c([2H])c([2H])c([2H])c6c45)c4c([2H])c([2H])c([2H])c([2H])c34)c3c([2H])c([2H])c([2H])c([2H])c23)c([2H])c1[2H]. The quantitative estimate of drug-likeness (QED) is 0.192. The highest BCUT2D eigenvalue weighted by Gasteiger charge is 2.21. The second-order valence-corrected chi connectivity index (χ2v) is 9.26. The summed E-state index contributed by atoms with van der Waals surface area (Å²) >= 11 is 0. The molecule has 0 atom stereocenters. The monoisotopic (exact) mass is 572 g/mol. The van der Waals surface area contributed by atoms with Crippen molar-refractivity contribution >= 4 is 54.3 Å². The van der Waals surface area contributed by atoms with Gasteiger partial charge in [-0.2, -0.15) is 0 Å². The molecule has 0 unspecified atom stereocenters. The van der Waals surface area contributed by atoms with Crippen LogP contribution in [-0.2, 0) is 0 Å². The molecule has 0 bridgehead atoms. The van der Waals surface area contributed by atoms with Gasteiger partial charge in [0.2, 0.25) is 0 Å². The number of hydrogen-bond acceptors (Lipinski definition) is 1. The molecule has 9 rings (SSSR count). The second-order valence-electron chi connectivity index (χ2n) is 9.26. The van der Waals surface area contributed by atoms with Crippen LogP contribution in [-0.4, -0.2) is 0 Å². The van der Waals surface area contributed by atoms with Gasteiger partial charge in [0.1, 0.15) is 11.2 Å². The zero-order valence-electron chi connectivity index (χ0n) is 47.4. The van der Waals surface area contributed by atoms with Crippen LogP contribution in [0.4, 0.5) is 0 Å². The third-order valence-electron chi connectivity index (χ3n) is 7.07. The fraction of sp³-hybridized carbons (Fsp3) is 0. The van der Waals surface area contributed by atoms with E-state index in [0.29, 0.717) is 0 Å². The van der Waals surface area contributed by atoms with Crippen LogP contribution in [0, 0.1) is 0 Å². The first-order valence-corrected chi connectivity index (χ1v) is 12.7. The maximum atomic E-state index is 9.70. The van der Waals surface area contributed by atoms with Crippen LogP contribution in [0.1, 0.15) is 35.6 Å². The van der Waals surface area contributed by atoms with E-state index in [1.54, 1.807) is 0 Å². The fourth-order valence-corrected chi connectivity index (χ4v) is 5.36. The minimum atomic E-state index is -1.07. The summed E-state index contributed by atoms with van der Waals surface area (Å²) in [4.78, 5) is 0. The molecule has 8 aromatic carbocycles. The molecule has 0 radical (unpaired) electrons. The van der Waals surface area contributed by atoms with Gasteiger partial charge in [-0.3, -0.25) is 0 Å². The van der Waals surface area contributed by atoms with Gasteiger partial charge in [0.25, 0.3) is 0 Å². The van der Waals surface area contributed by atoms with Gasteiger partial charge >= 0.3 is 0 Å². The zero-order chi connectivity index (χ0) is 51.0. The van der Waals surface area contributed by atoms with Gasteiger partial charge < -0.3 is 4.42 Å². The lowest BCUT2D eigenvalue weighted by atomic mass is 9.83. The molecule has 0 aliphatic rings. The molecule has 0 fully saturated rings. The van der Waals surface area contributed by atoms with E-state index in [1.165, 1.54) is 0 Å². The van der Waals surface area contributed by atoms with Crippen LogP contribution >= 0.6 is 0 Å². The van der Waals surface area contributed by atoms with Gasteiger partial charge in [0, 0.05) is 10.8 Å². The van der Waals surface area contributed by atoms with Gasteiger partial charge in [-0.15, -0.1) is 0 Å². The summed E-state index contributed by atoms with van der Waals surface area (Å²) in [6.45, 7) is 0. The lowest BCUT2D eigenvalue weighted by Gasteiger charge is -2.20. The number of furan rings is 1. The van der Waals surface area contributed by atoms with Crippen LogP contribution in [0.5, 0.6) is 0 Å². The Morgan fingerprint density at radius 1 is 0.326 bits per heavy atom. The van der Waals surface area contributed by atoms with Crippen LogP contribution in [0.2, 0.25) is 0 Å². The van der Waals surface area contributed by atoms with E-state index in [9.17, 15) is 12.3 Å². The fourth-order valence-electron chi connectivity index (χ4n) is 5.36. The minimum absolute atomic E-state index is 0.474. The Kier molecular flexibility index (Phi) is 2.13. The van der Waals surface area contributed by atoms with Gasteiger partial charge in [0.05, 0.1) is 35.6 Å². The normalized spacial score (nSPS) is 20.2. The topological polar surface area (TPSA) is 13.1 Å². The molecular formula is C42H26O. The number of para-hydroxylation sites is 1. The molecule has 0 amide bonds. The average Bonchev–Trinajstić information content (AvgIpc) is 3.73. The molecule has 1 nitrogen and oxygen atoms in total. The summed E-state index contributed by atoms with van der Waals surface area (Å²) in [7, 11) is 0. The zero-order valence-corrected chi connectivity index (χ0v) is 21.4. The van der Waals surface area contributed by atoms with E-state index in [0.717, 1.165) is 0 Å². The first-order chi connectivity index (χ1) is 32.2. The van der Waals surface area contributed by atoms with Gasteiger partial charge in [-0.05, 0) is 77.8 Å². The van der Waals surface area contributed by atoms with Crippen molar-refractivity contribution in [3.8, 4) is 33.4 Å². The molecule has 0 saturated heterocycles. The van der Waals surface area contributed by atoms with E-state index in [-0.39, 0.29) is 0 Å². The Bertz CT molecular complexity index is 3860. The molecule has 0 aliphatic carbocycles. The van der Waals surface area contributed by atoms with Crippen LogP contribution in [0.3, 0.4) is 0 Å². The van der Waals surface area contributed by atoms with Crippen LogP contribution in [0.25, 0.3) is 87.6 Å². The van der Waals surface area contributed by atoms with Crippen molar-refractivity contribution in [1.82, 2.24) is 0 Å². The molecule has 1 aromatic heterocycles. The van der Waals surface area contributed by atoms with E-state index in [4.69, 9.17) is 27.7 Å². The van der Waals surface area contributed by atoms with E-state index in [2.05, 4.69) is 0 Å². The predicted octanol–water partition coefficient (Wildman–Crippen LogP) is 12.0. The Labute approximate surface area is 285 Å². The summed E-state index contributed by atoms with van der Waals surface area (Å²) in [5.41, 5.74) is -5.53. The summed E-state index contributed by atoms with van der Waals surface area (Å²) in [6.07, 6.45) is 0. The van der Waals surface area contributed by atoms with Crippen LogP contribution < -0.4 is 0 Å². The molecular weight excluding hydrogens is 520 g/mol. The predicted molar refractivity (Wildman–Crippen MR) is 183 cm³/mol. The maximum absolute atomic E-state index is 9.70. The summed E-state index contributed by atoms with van der Waals surface area (Å²) in [5, 5.41) is -5.35. The lowest BCUT2D eigenvalue weighted by Crippen LogP contribution is -1.92. The molecule has 200 valence electrons. The van der Waals surface area contributed by atoms with Crippen molar-refractivity contribution in [2.24, 2.45) is 0 Å². The van der Waals surface area contributed by atoms with Crippen molar-refractivity contribution in [3.63, 3.8) is 0 Å². The van der Waals surface area contributed by atoms with Gasteiger partial charge in [-0.1, -0.05) is 145 Å². The molecule has 0 N–H and O–H groups in total. The maximum Gasteiger partial charge on any atom is 0.136 e. The van der Waals surface area contributed by atoms with E-state index >= 15 is 0 Å². The largest absolute Gasteiger partial charge is 0.456 e. The molecule has 0 spiro atoms. The summed E-state index contributed by atoms with van der Waals surface area (Å²) in [5.74, 6) is 0. The molecule has 0 saturated carbocycles. The van der Waals surface area contributed by atoms with Crippen molar-refractivity contribution in [1.29, 1.82) is 0 Å². The molecule has 1 heteroatoms. The van der Waals surface area contributed by atoms with Crippen molar-refractivity contribution in [2.75, 3.05) is 0 Å². The number of benzene rings is 8. The average molecular weight is 573 g/mol. The van der Waals surface area contributed by atoms with E-state index in [1.807, 2.05) is 0 Å². The Balaban J connectivity index is 1.69. The van der Waals surface area contributed by atoms with Crippen LogP contribution in [0.15, 0.2) is 162 Å². The van der Waals surface area contributed by atoms with E-state index < -0.39 is 245 Å². The number of rotatable bonds is 3. The Morgan fingerprint density at radius 3 is 1.44 bits per heavy atom. The third-order valence-corrected chi connectivity index (χ3v) is 7.07. The highest BCUT2D eigenvalue weighted by molar-refractivity contribution is 6.27. The molecule has 43 heavy (non-hydrogen) atoms. The second kappa shape index (κ2) is 9.44. The Morgan fingerprint density at radius 2 is 0.791 bits per heavy atom. The highest BCUT2D eigenvalue weighted by Crippen LogP contribution is 2.48. The summed E-state index contributed by atoms with van der Waals surface area (Å²) < 4.78 is 239. The minimum Gasteiger partial charge on any atom is -0.456 e. The molecule has 1 heterocycles. The summed E-state index contributed by atoms with van der Waals surface area (Å²) in [6, 6.07) is -24.3. The Hall–Kier alpha value is -5.66. The van der Waals surface area contributed by atoms with Crippen molar-refractivity contribution in [2.45, 2.75) is 0 Å². The molecule has 0 aliphatic heterocycles. The van der Waals surface area contributed by atoms with Gasteiger partial charge in [-0.25, -0.2) is 0 Å². The van der Waals surface area contributed by atoms with Crippen molar-refractivity contribution < 1.29 is 40.1 Å². The first-order valence-electron chi connectivity index (χ1n) is 25.7. The van der Waals surface area contributed by atoms with Crippen molar-refractivity contribution in [3.05, 3.63) is 157 Å². The number of fused-ring (bicyclic) bond motifs is 6. The third kappa shape index (κ3) is 3.58. The molecule has 9 aromatic rings.